The molecule has 0 aliphatic heterocycles. The van der Waals surface area contributed by atoms with Crippen molar-refractivity contribution in [2.75, 3.05) is 0 Å². The summed E-state index contributed by atoms with van der Waals surface area (Å²) in [6, 6.07) is -0.779. The van der Waals surface area contributed by atoms with E-state index in [9.17, 15) is 4.79 Å². The summed E-state index contributed by atoms with van der Waals surface area (Å²) in [7, 11) is 0. The van der Waals surface area contributed by atoms with E-state index < -0.39 is 12.0 Å². The lowest BCUT2D eigenvalue weighted by atomic mass is 10.1. The predicted molar refractivity (Wildman–Crippen MR) is 48.4 cm³/mol. The summed E-state index contributed by atoms with van der Waals surface area (Å²) < 4.78 is 0. The molecule has 0 aromatic carbocycles. The zero-order chi connectivity index (χ0) is 9.14. The molecule has 4 heteroatoms. The van der Waals surface area contributed by atoms with Gasteiger partial charge in [0.15, 0.2) is 0 Å². The lowest BCUT2D eigenvalue weighted by Gasteiger charge is -2.04. The fourth-order valence-electron chi connectivity index (χ4n) is 0.920. The van der Waals surface area contributed by atoms with Crippen LogP contribution in [-0.2, 0) is 11.2 Å². The van der Waals surface area contributed by atoms with E-state index in [-0.39, 0.29) is 0 Å². The highest BCUT2D eigenvalue weighted by atomic mass is 32.1. The Morgan fingerprint density at radius 2 is 2.42 bits per heavy atom. The molecule has 0 aliphatic rings. The third-order valence-corrected chi connectivity index (χ3v) is 2.63. The Labute approximate surface area is 74.8 Å². The van der Waals surface area contributed by atoms with Gasteiger partial charge in [-0.15, -0.1) is 0 Å². The molecule has 66 valence electrons. The van der Waals surface area contributed by atoms with Gasteiger partial charge in [-0.05, 0) is 35.2 Å². The zero-order valence-electron chi connectivity index (χ0n) is 6.78. The molecule has 3 N–H and O–H groups in total. The lowest BCUT2D eigenvalue weighted by Crippen LogP contribution is -2.32. The Hall–Kier alpha value is -0.870. The Morgan fingerprint density at radius 1 is 1.75 bits per heavy atom. The fraction of sp³-hybridized carbons (Fsp3) is 0.375. The van der Waals surface area contributed by atoms with Crippen LogP contribution in [0.4, 0.5) is 0 Å². The van der Waals surface area contributed by atoms with Crippen LogP contribution < -0.4 is 5.73 Å². The standard InChI is InChI=1S/C8H11NO2S/c1-5-3-12-4-6(5)2-7(9)8(10)11/h3-4,7H,2,9H2,1H3,(H,10,11)/t7-/m1/s1. The molecule has 0 aliphatic carbocycles. The van der Waals surface area contributed by atoms with Crippen LogP contribution in [0.25, 0.3) is 0 Å². The summed E-state index contributed by atoms with van der Waals surface area (Å²) in [4.78, 5) is 10.4. The van der Waals surface area contributed by atoms with Crippen molar-refractivity contribution in [3.8, 4) is 0 Å². The molecule has 0 unspecified atom stereocenters. The number of carboxylic acid groups (broad SMARTS) is 1. The van der Waals surface area contributed by atoms with Gasteiger partial charge >= 0.3 is 5.97 Å². The van der Waals surface area contributed by atoms with Gasteiger partial charge in [0.25, 0.3) is 0 Å². The summed E-state index contributed by atoms with van der Waals surface area (Å²) >= 11 is 1.57. The summed E-state index contributed by atoms with van der Waals surface area (Å²) in [5.41, 5.74) is 7.54. The van der Waals surface area contributed by atoms with E-state index in [1.165, 1.54) is 0 Å². The number of nitrogens with two attached hydrogens (primary N) is 1. The number of thiophene rings is 1. The van der Waals surface area contributed by atoms with E-state index in [0.717, 1.165) is 11.1 Å². The number of rotatable bonds is 3. The number of carbonyl (C=O) groups is 1. The zero-order valence-corrected chi connectivity index (χ0v) is 7.60. The van der Waals surface area contributed by atoms with Crippen molar-refractivity contribution in [1.29, 1.82) is 0 Å². The quantitative estimate of drug-likeness (QED) is 0.738. The number of aryl methyl sites for hydroxylation is 1. The van der Waals surface area contributed by atoms with Crippen LogP contribution in [0.1, 0.15) is 11.1 Å². The molecule has 1 aromatic rings. The number of hydrogen-bond donors (Lipinski definition) is 2. The van der Waals surface area contributed by atoms with E-state index >= 15 is 0 Å². The second-order valence-electron chi connectivity index (χ2n) is 2.73. The van der Waals surface area contributed by atoms with Crippen molar-refractivity contribution in [2.45, 2.75) is 19.4 Å². The molecule has 0 radical (unpaired) electrons. The molecule has 0 fully saturated rings. The molecule has 0 bridgehead atoms. The van der Waals surface area contributed by atoms with Crippen molar-refractivity contribution < 1.29 is 9.90 Å². The van der Waals surface area contributed by atoms with Crippen LogP contribution in [0, 0.1) is 6.92 Å². The van der Waals surface area contributed by atoms with Gasteiger partial charge < -0.3 is 10.8 Å². The molecule has 12 heavy (non-hydrogen) atoms. The van der Waals surface area contributed by atoms with Crippen molar-refractivity contribution >= 4 is 17.3 Å². The number of carboxylic acids is 1. The Morgan fingerprint density at radius 3 is 2.83 bits per heavy atom. The second-order valence-corrected chi connectivity index (χ2v) is 3.47. The van der Waals surface area contributed by atoms with Gasteiger partial charge in [0.1, 0.15) is 6.04 Å². The van der Waals surface area contributed by atoms with Crippen LogP contribution >= 0.6 is 11.3 Å². The van der Waals surface area contributed by atoms with Crippen molar-refractivity contribution in [2.24, 2.45) is 5.73 Å². The minimum atomic E-state index is -0.944. The van der Waals surface area contributed by atoms with E-state index in [4.69, 9.17) is 10.8 Å². The molecule has 0 saturated heterocycles. The molecule has 1 heterocycles. The van der Waals surface area contributed by atoms with E-state index in [1.807, 2.05) is 17.7 Å². The molecule has 0 saturated carbocycles. The first-order chi connectivity index (χ1) is 5.61. The molecule has 0 amide bonds. The highest BCUT2D eigenvalue weighted by Crippen LogP contribution is 2.14. The van der Waals surface area contributed by atoms with Gasteiger partial charge in [0.2, 0.25) is 0 Å². The topological polar surface area (TPSA) is 63.3 Å². The molecule has 0 spiro atoms. The maximum atomic E-state index is 10.4. The van der Waals surface area contributed by atoms with Crippen molar-refractivity contribution in [1.82, 2.24) is 0 Å². The normalized spacial score (nSPS) is 12.8. The summed E-state index contributed by atoms with van der Waals surface area (Å²) in [6.45, 7) is 1.96. The van der Waals surface area contributed by atoms with E-state index in [0.29, 0.717) is 6.42 Å². The van der Waals surface area contributed by atoms with Gasteiger partial charge in [0, 0.05) is 0 Å². The maximum Gasteiger partial charge on any atom is 0.320 e. The maximum absolute atomic E-state index is 10.4. The van der Waals surface area contributed by atoms with Gasteiger partial charge in [-0.25, -0.2) is 0 Å². The molecular weight excluding hydrogens is 174 g/mol. The Kier molecular flexibility index (Phi) is 2.83. The van der Waals surface area contributed by atoms with Gasteiger partial charge in [-0.3, -0.25) is 4.79 Å². The highest BCUT2D eigenvalue weighted by molar-refractivity contribution is 7.08. The van der Waals surface area contributed by atoms with Gasteiger partial charge in [-0.1, -0.05) is 0 Å². The number of hydrogen-bond acceptors (Lipinski definition) is 3. The molecule has 1 aromatic heterocycles. The molecular formula is C8H11NO2S. The van der Waals surface area contributed by atoms with Crippen molar-refractivity contribution in [3.63, 3.8) is 0 Å². The molecule has 1 rings (SSSR count). The predicted octanol–water partition coefficient (Wildman–Crippen LogP) is 1.01. The Bertz CT molecular complexity index is 282. The number of aliphatic carboxylic acids is 1. The highest BCUT2D eigenvalue weighted by Gasteiger charge is 2.13. The smallest absolute Gasteiger partial charge is 0.320 e. The van der Waals surface area contributed by atoms with Crippen LogP contribution in [0.5, 0.6) is 0 Å². The first-order valence-electron chi connectivity index (χ1n) is 3.61. The summed E-state index contributed by atoms with van der Waals surface area (Å²) in [5, 5.41) is 12.5. The third-order valence-electron chi connectivity index (χ3n) is 1.72. The summed E-state index contributed by atoms with van der Waals surface area (Å²) in [6.07, 6.45) is 0.421. The van der Waals surface area contributed by atoms with E-state index in [2.05, 4.69) is 0 Å². The lowest BCUT2D eigenvalue weighted by molar-refractivity contribution is -0.138. The van der Waals surface area contributed by atoms with Crippen LogP contribution in [-0.4, -0.2) is 17.1 Å². The average Bonchev–Trinajstić information content (AvgIpc) is 2.36. The minimum absolute atomic E-state index is 0.421. The molecule has 3 nitrogen and oxygen atoms in total. The first-order valence-corrected chi connectivity index (χ1v) is 4.55. The molecule has 1 atom stereocenters. The van der Waals surface area contributed by atoms with Crippen LogP contribution in [0.3, 0.4) is 0 Å². The second kappa shape index (κ2) is 3.69. The SMILES string of the molecule is Cc1cscc1C[C@@H](N)C(=O)O. The minimum Gasteiger partial charge on any atom is -0.480 e. The average molecular weight is 185 g/mol. The first kappa shape index (κ1) is 9.22. The van der Waals surface area contributed by atoms with Crippen LogP contribution in [0.15, 0.2) is 10.8 Å². The van der Waals surface area contributed by atoms with Gasteiger partial charge in [0.05, 0.1) is 0 Å². The van der Waals surface area contributed by atoms with Gasteiger partial charge in [-0.2, -0.15) is 11.3 Å². The van der Waals surface area contributed by atoms with E-state index in [1.54, 1.807) is 11.3 Å². The fourth-order valence-corrected chi connectivity index (χ4v) is 1.79. The largest absolute Gasteiger partial charge is 0.480 e. The Balaban J connectivity index is 2.64. The summed E-state index contributed by atoms with van der Waals surface area (Å²) in [5.74, 6) is -0.944. The monoisotopic (exact) mass is 185 g/mol. The third kappa shape index (κ3) is 2.06. The van der Waals surface area contributed by atoms with Crippen LogP contribution in [0.2, 0.25) is 0 Å². The van der Waals surface area contributed by atoms with Crippen molar-refractivity contribution in [3.05, 3.63) is 21.9 Å².